The van der Waals surface area contributed by atoms with Crippen molar-refractivity contribution in [3.8, 4) is 11.5 Å². The Morgan fingerprint density at radius 3 is 2.54 bits per heavy atom. The number of rotatable bonds is 7. The Morgan fingerprint density at radius 1 is 1.05 bits per heavy atom. The van der Waals surface area contributed by atoms with Gasteiger partial charge in [0, 0.05) is 22.7 Å². The Morgan fingerprint density at radius 2 is 1.81 bits per heavy atom. The van der Waals surface area contributed by atoms with Crippen molar-refractivity contribution >= 4 is 38.7 Å². The summed E-state index contributed by atoms with van der Waals surface area (Å²) in [4.78, 5) is 11.2. The van der Waals surface area contributed by atoms with Crippen molar-refractivity contribution < 1.29 is 22.8 Å². The summed E-state index contributed by atoms with van der Waals surface area (Å²) in [5.41, 5.74) is 2.53. The normalized spacial score (nSPS) is 19.9. The Hall–Kier alpha value is -3.76. The van der Waals surface area contributed by atoms with E-state index < -0.39 is 14.9 Å². The fourth-order valence-electron chi connectivity index (χ4n) is 5.08. The molecule has 2 aliphatic rings. The van der Waals surface area contributed by atoms with Gasteiger partial charge in [0.25, 0.3) is 10.0 Å². The van der Waals surface area contributed by atoms with Crippen LogP contribution in [0, 0.1) is 16.0 Å². The molecule has 3 aromatic carbocycles. The molecule has 0 spiro atoms. The molecule has 1 heterocycles. The van der Waals surface area contributed by atoms with Crippen LogP contribution in [-0.2, 0) is 10.0 Å². The van der Waals surface area contributed by atoms with Gasteiger partial charge in [-0.1, -0.05) is 29.8 Å². The highest BCUT2D eigenvalue weighted by molar-refractivity contribution is 7.92. The first-order valence-corrected chi connectivity index (χ1v) is 13.3. The number of hydrogen-bond acceptors (Lipinski definition) is 7. The van der Waals surface area contributed by atoms with Crippen LogP contribution in [0.25, 0.3) is 0 Å². The number of fused-ring (bicyclic) bond motifs is 3. The van der Waals surface area contributed by atoms with Gasteiger partial charge in [-0.05, 0) is 65.9 Å². The minimum atomic E-state index is -3.94. The second-order valence-electron chi connectivity index (χ2n) is 8.86. The second kappa shape index (κ2) is 9.60. The Bertz CT molecular complexity index is 1520. The third-order valence-corrected chi connectivity index (χ3v) is 8.41. The molecule has 1 aliphatic heterocycles. The molecule has 0 radical (unpaired) electrons. The Balaban J connectivity index is 1.49. The molecular weight excluding hydrogens is 518 g/mol. The van der Waals surface area contributed by atoms with E-state index in [-0.39, 0.29) is 39.9 Å². The highest BCUT2D eigenvalue weighted by Crippen LogP contribution is 2.51. The number of methoxy groups -OCH3 is 2. The van der Waals surface area contributed by atoms with Crippen molar-refractivity contribution in [3.63, 3.8) is 0 Å². The van der Waals surface area contributed by atoms with E-state index in [1.54, 1.807) is 30.3 Å². The predicted octanol–water partition coefficient (Wildman–Crippen LogP) is 5.89. The maximum Gasteiger partial charge on any atom is 0.311 e. The van der Waals surface area contributed by atoms with Gasteiger partial charge in [0.05, 0.1) is 35.8 Å². The van der Waals surface area contributed by atoms with E-state index in [2.05, 4.69) is 22.2 Å². The molecule has 192 valence electrons. The summed E-state index contributed by atoms with van der Waals surface area (Å²) in [5, 5.41) is 15.4. The summed E-state index contributed by atoms with van der Waals surface area (Å²) < 4.78 is 39.6. The molecule has 9 nitrogen and oxygen atoms in total. The summed E-state index contributed by atoms with van der Waals surface area (Å²) >= 11 is 6.06. The minimum absolute atomic E-state index is 0.0550. The SMILES string of the molecule is COc1ccc(Cl)cc1NS(=O)(=O)c1ccc2c(c1)[C@H]1C=CC[C@H]1[C@@H](c1ccc(OC)c([N+](=O)[O-])c1)N2. The van der Waals surface area contributed by atoms with Gasteiger partial charge in [-0.15, -0.1) is 0 Å². The molecule has 0 saturated carbocycles. The quantitative estimate of drug-likeness (QED) is 0.217. The third-order valence-electron chi connectivity index (χ3n) is 6.81. The summed E-state index contributed by atoms with van der Waals surface area (Å²) in [7, 11) is -1.09. The number of nitro groups is 1. The fourth-order valence-corrected chi connectivity index (χ4v) is 6.34. The van der Waals surface area contributed by atoms with Crippen LogP contribution in [0.15, 0.2) is 71.6 Å². The molecular formula is C26H24ClN3O6S. The lowest BCUT2D eigenvalue weighted by Gasteiger charge is -2.37. The molecule has 0 amide bonds. The van der Waals surface area contributed by atoms with Crippen LogP contribution < -0.4 is 19.5 Å². The van der Waals surface area contributed by atoms with E-state index in [1.807, 2.05) is 6.07 Å². The van der Waals surface area contributed by atoms with E-state index in [1.165, 1.54) is 32.4 Å². The molecule has 0 aromatic heterocycles. The van der Waals surface area contributed by atoms with E-state index in [4.69, 9.17) is 21.1 Å². The van der Waals surface area contributed by atoms with Gasteiger partial charge < -0.3 is 14.8 Å². The van der Waals surface area contributed by atoms with Crippen molar-refractivity contribution in [2.45, 2.75) is 23.3 Å². The highest BCUT2D eigenvalue weighted by atomic mass is 35.5. The van der Waals surface area contributed by atoms with E-state index >= 15 is 0 Å². The first-order valence-electron chi connectivity index (χ1n) is 11.5. The second-order valence-corrected chi connectivity index (χ2v) is 11.0. The molecule has 37 heavy (non-hydrogen) atoms. The van der Waals surface area contributed by atoms with Crippen molar-refractivity contribution in [2.24, 2.45) is 5.92 Å². The van der Waals surface area contributed by atoms with Crippen molar-refractivity contribution in [3.05, 3.63) is 93.0 Å². The largest absolute Gasteiger partial charge is 0.495 e. The lowest BCUT2D eigenvalue weighted by molar-refractivity contribution is -0.385. The van der Waals surface area contributed by atoms with Crippen molar-refractivity contribution in [1.82, 2.24) is 0 Å². The van der Waals surface area contributed by atoms with Gasteiger partial charge in [0.15, 0.2) is 5.75 Å². The van der Waals surface area contributed by atoms with E-state index in [0.717, 1.165) is 23.2 Å². The summed E-state index contributed by atoms with van der Waals surface area (Å²) in [6, 6.07) is 14.4. The van der Waals surface area contributed by atoms with Crippen LogP contribution in [-0.4, -0.2) is 27.6 Å². The van der Waals surface area contributed by atoms with Crippen LogP contribution in [0.2, 0.25) is 5.02 Å². The molecule has 0 saturated heterocycles. The van der Waals surface area contributed by atoms with Gasteiger partial charge >= 0.3 is 5.69 Å². The Labute approximate surface area is 219 Å². The van der Waals surface area contributed by atoms with E-state index in [9.17, 15) is 18.5 Å². The monoisotopic (exact) mass is 541 g/mol. The number of nitrogens with zero attached hydrogens (tertiary/aromatic N) is 1. The number of benzene rings is 3. The van der Waals surface area contributed by atoms with Crippen molar-refractivity contribution in [2.75, 3.05) is 24.3 Å². The molecule has 11 heteroatoms. The standard InChI is InChI=1S/C26H24ClN3O6S/c1-35-24-11-7-16(27)13-22(24)29-37(33,34)17-8-9-21-20(14-17)18-4-3-5-19(18)26(28-21)15-6-10-25(36-2)23(12-15)30(31)32/h3-4,6-14,18-19,26,28-29H,5H2,1-2H3/t18-,19+,26+/m0/s1. The molecule has 0 fully saturated rings. The van der Waals surface area contributed by atoms with Gasteiger partial charge in [-0.25, -0.2) is 8.42 Å². The van der Waals surface area contributed by atoms with Gasteiger partial charge in [0.1, 0.15) is 5.75 Å². The number of hydrogen-bond donors (Lipinski definition) is 2. The van der Waals surface area contributed by atoms with Crippen LogP contribution in [0.5, 0.6) is 11.5 Å². The third kappa shape index (κ3) is 4.58. The van der Waals surface area contributed by atoms with Crippen molar-refractivity contribution in [1.29, 1.82) is 0 Å². The van der Waals surface area contributed by atoms with Gasteiger partial charge in [-0.2, -0.15) is 0 Å². The molecule has 3 aromatic rings. The zero-order chi connectivity index (χ0) is 26.3. The fraction of sp³-hybridized carbons (Fsp3) is 0.231. The lowest BCUT2D eigenvalue weighted by Crippen LogP contribution is -2.29. The number of nitrogens with one attached hydrogen (secondary N) is 2. The van der Waals surface area contributed by atoms with Gasteiger partial charge in [0.2, 0.25) is 0 Å². The first-order chi connectivity index (χ1) is 17.7. The molecule has 5 rings (SSSR count). The molecule has 0 unspecified atom stereocenters. The number of sulfonamides is 1. The average molecular weight is 542 g/mol. The predicted molar refractivity (Wildman–Crippen MR) is 141 cm³/mol. The van der Waals surface area contributed by atoms with Crippen LogP contribution in [0.4, 0.5) is 17.1 Å². The smallest absolute Gasteiger partial charge is 0.311 e. The Kier molecular flexibility index (Phi) is 6.47. The topological polar surface area (TPSA) is 120 Å². The number of ether oxygens (including phenoxy) is 2. The maximum atomic E-state index is 13.3. The summed E-state index contributed by atoms with van der Waals surface area (Å²) in [6.45, 7) is 0. The number of allylic oxidation sites excluding steroid dienone is 2. The zero-order valence-electron chi connectivity index (χ0n) is 20.0. The molecule has 2 N–H and O–H groups in total. The summed E-state index contributed by atoms with van der Waals surface area (Å²) in [5.74, 6) is 0.547. The first kappa shape index (κ1) is 24.9. The van der Waals surface area contributed by atoms with Crippen LogP contribution in [0.1, 0.15) is 29.5 Å². The number of nitro benzene ring substituents is 1. The molecule has 0 bridgehead atoms. The number of anilines is 2. The average Bonchev–Trinajstić information content (AvgIpc) is 3.38. The highest BCUT2D eigenvalue weighted by Gasteiger charge is 2.39. The van der Waals surface area contributed by atoms with Gasteiger partial charge in [-0.3, -0.25) is 14.8 Å². The lowest BCUT2D eigenvalue weighted by atomic mass is 9.77. The van der Waals surface area contributed by atoms with E-state index in [0.29, 0.717) is 10.8 Å². The maximum absolute atomic E-state index is 13.3. The van der Waals surface area contributed by atoms with Crippen LogP contribution >= 0.6 is 11.6 Å². The number of halogens is 1. The summed E-state index contributed by atoms with van der Waals surface area (Å²) in [6.07, 6.45) is 4.88. The molecule has 3 atom stereocenters. The van der Waals surface area contributed by atoms with Crippen LogP contribution in [0.3, 0.4) is 0 Å². The minimum Gasteiger partial charge on any atom is -0.495 e. The molecule has 1 aliphatic carbocycles. The zero-order valence-corrected chi connectivity index (χ0v) is 21.5.